The van der Waals surface area contributed by atoms with Crippen molar-refractivity contribution in [3.05, 3.63) is 42.1 Å². The van der Waals surface area contributed by atoms with Gasteiger partial charge in [-0.05, 0) is 56.7 Å². The van der Waals surface area contributed by atoms with Gasteiger partial charge in [0, 0.05) is 37.0 Å². The van der Waals surface area contributed by atoms with Crippen LogP contribution in [-0.2, 0) is 25.6 Å². The number of fused-ring (bicyclic) bond motifs is 1. The standard InChI is InChI=1S/C29H42N8O4/c30-13-2-1-7-21(28(41)36-22(27(31)40)11-5-15-35-29(32)33)17-24(38)23-12-6-16-37(23)25(39)18-20-9-3-8-19-10-4-14-34-26(19)20/h3-4,8-10,14,21-23H,1-2,5-7,11-13,15-18,30H2,(H2,31,40)(H,36,41)(H4,32,33,35)/t21-,22+,23+/m1/s1. The number of hydrogen-bond donors (Lipinski definition) is 5. The first kappa shape index (κ1) is 31.5. The number of amides is 3. The molecule has 2 aromatic rings. The van der Waals surface area contributed by atoms with E-state index in [1.165, 1.54) is 0 Å². The molecule has 1 aliphatic heterocycles. The molecular formula is C29H42N8O4. The predicted molar refractivity (Wildman–Crippen MR) is 157 cm³/mol. The average Bonchev–Trinajstić information content (AvgIpc) is 3.44. The molecule has 1 aliphatic rings. The minimum atomic E-state index is -0.914. The number of carbonyl (C=O) groups excluding carboxylic acids is 4. The second kappa shape index (κ2) is 15.7. The van der Waals surface area contributed by atoms with E-state index in [1.807, 2.05) is 30.3 Å². The fourth-order valence-electron chi connectivity index (χ4n) is 5.29. The summed E-state index contributed by atoms with van der Waals surface area (Å²) >= 11 is 0. The minimum absolute atomic E-state index is 0.0415. The zero-order chi connectivity index (χ0) is 29.8. The van der Waals surface area contributed by atoms with Crippen LogP contribution in [0.2, 0.25) is 0 Å². The molecule has 0 aliphatic carbocycles. The summed E-state index contributed by atoms with van der Waals surface area (Å²) in [6, 6.07) is 8.00. The lowest BCUT2D eigenvalue weighted by Crippen LogP contribution is -2.48. The van der Waals surface area contributed by atoms with Crippen LogP contribution in [0.4, 0.5) is 0 Å². The molecule has 0 radical (unpaired) electrons. The number of ketones is 1. The van der Waals surface area contributed by atoms with Crippen molar-refractivity contribution in [2.75, 3.05) is 19.6 Å². The highest BCUT2D eigenvalue weighted by Gasteiger charge is 2.36. The van der Waals surface area contributed by atoms with E-state index < -0.39 is 29.8 Å². The quantitative estimate of drug-likeness (QED) is 0.109. The van der Waals surface area contributed by atoms with Gasteiger partial charge < -0.3 is 33.2 Å². The first-order valence-corrected chi connectivity index (χ1v) is 14.2. The van der Waals surface area contributed by atoms with Gasteiger partial charge in [-0.3, -0.25) is 29.2 Å². The Kier molecular flexibility index (Phi) is 12.0. The topological polar surface area (TPSA) is 213 Å². The third-order valence-electron chi connectivity index (χ3n) is 7.43. The maximum absolute atomic E-state index is 13.5. The zero-order valence-corrected chi connectivity index (χ0v) is 23.5. The number of unbranched alkanes of at least 4 members (excludes halogenated alkanes) is 1. The molecule has 9 N–H and O–H groups in total. The molecule has 12 heteroatoms. The van der Waals surface area contributed by atoms with E-state index in [9.17, 15) is 19.2 Å². The van der Waals surface area contributed by atoms with Crippen molar-refractivity contribution in [1.82, 2.24) is 15.2 Å². The first-order chi connectivity index (χ1) is 19.7. The molecule has 0 spiro atoms. The van der Waals surface area contributed by atoms with Crippen molar-refractivity contribution < 1.29 is 19.2 Å². The Morgan fingerprint density at radius 2 is 1.83 bits per heavy atom. The van der Waals surface area contributed by atoms with E-state index in [4.69, 9.17) is 22.9 Å². The van der Waals surface area contributed by atoms with Crippen molar-refractivity contribution in [3.8, 4) is 0 Å². The lowest BCUT2D eigenvalue weighted by molar-refractivity contribution is -0.138. The fourth-order valence-corrected chi connectivity index (χ4v) is 5.29. The Morgan fingerprint density at radius 1 is 1.05 bits per heavy atom. The summed E-state index contributed by atoms with van der Waals surface area (Å²) in [5.41, 5.74) is 23.4. The van der Waals surface area contributed by atoms with E-state index in [1.54, 1.807) is 11.1 Å². The molecule has 0 saturated carbocycles. The second-order valence-corrected chi connectivity index (χ2v) is 10.5. The van der Waals surface area contributed by atoms with Crippen LogP contribution in [0.25, 0.3) is 10.9 Å². The summed E-state index contributed by atoms with van der Waals surface area (Å²) in [5, 5.41) is 3.66. The third kappa shape index (κ3) is 9.24. The summed E-state index contributed by atoms with van der Waals surface area (Å²) in [5.74, 6) is -2.13. The van der Waals surface area contributed by atoms with Gasteiger partial charge in [0.2, 0.25) is 17.7 Å². The number of hydrogen-bond acceptors (Lipinski definition) is 7. The number of guanidine groups is 1. The number of para-hydroxylation sites is 1. The molecule has 0 unspecified atom stereocenters. The maximum Gasteiger partial charge on any atom is 0.240 e. The van der Waals surface area contributed by atoms with Gasteiger partial charge in [0.05, 0.1) is 18.0 Å². The van der Waals surface area contributed by atoms with Crippen molar-refractivity contribution in [3.63, 3.8) is 0 Å². The van der Waals surface area contributed by atoms with Crippen LogP contribution in [0.3, 0.4) is 0 Å². The van der Waals surface area contributed by atoms with Gasteiger partial charge in [-0.15, -0.1) is 0 Å². The van der Waals surface area contributed by atoms with Crippen LogP contribution in [-0.4, -0.2) is 71.1 Å². The van der Waals surface area contributed by atoms with E-state index in [0.717, 1.165) is 16.5 Å². The molecule has 3 atom stereocenters. The average molecular weight is 567 g/mol. The van der Waals surface area contributed by atoms with Gasteiger partial charge in [0.1, 0.15) is 6.04 Å². The molecule has 3 rings (SSSR count). The van der Waals surface area contributed by atoms with Crippen molar-refractivity contribution in [1.29, 1.82) is 0 Å². The summed E-state index contributed by atoms with van der Waals surface area (Å²) in [4.78, 5) is 62.1. The van der Waals surface area contributed by atoms with Gasteiger partial charge in [-0.2, -0.15) is 0 Å². The molecule has 3 amide bonds. The highest BCUT2D eigenvalue weighted by molar-refractivity contribution is 5.95. The van der Waals surface area contributed by atoms with E-state index in [-0.39, 0.29) is 36.9 Å². The Balaban J connectivity index is 1.67. The SMILES string of the molecule is NCCCC[C@H](CC(=O)[C@@H]1CCCN1C(=O)Cc1cccc2cccnc12)C(=O)N[C@@H](CCCN=C(N)N)C(N)=O. The molecule has 1 aromatic heterocycles. The number of carbonyl (C=O) groups is 4. The lowest BCUT2D eigenvalue weighted by Gasteiger charge is -2.26. The number of aromatic nitrogens is 1. The number of likely N-dealkylation sites (tertiary alicyclic amines) is 1. The molecule has 1 saturated heterocycles. The number of aliphatic imine (C=N–C) groups is 1. The molecule has 41 heavy (non-hydrogen) atoms. The number of benzene rings is 1. The Morgan fingerprint density at radius 3 is 2.56 bits per heavy atom. The van der Waals surface area contributed by atoms with E-state index >= 15 is 0 Å². The maximum atomic E-state index is 13.5. The first-order valence-electron chi connectivity index (χ1n) is 14.2. The molecule has 12 nitrogen and oxygen atoms in total. The normalized spacial score (nSPS) is 16.2. The van der Waals surface area contributed by atoms with Gasteiger partial charge in [0.25, 0.3) is 0 Å². The number of Topliss-reactive ketones (excluding diaryl/α,β-unsaturated/α-hetero) is 1. The van der Waals surface area contributed by atoms with Crippen molar-refractivity contribution in [2.24, 2.45) is 33.8 Å². The number of rotatable bonds is 16. The molecule has 222 valence electrons. The largest absolute Gasteiger partial charge is 0.370 e. The molecule has 1 fully saturated rings. The Labute approximate surface area is 240 Å². The van der Waals surface area contributed by atoms with E-state index in [2.05, 4.69) is 15.3 Å². The molecular weight excluding hydrogens is 524 g/mol. The Bertz CT molecular complexity index is 1240. The number of nitrogens with zero attached hydrogens (tertiary/aromatic N) is 3. The van der Waals surface area contributed by atoms with E-state index in [0.29, 0.717) is 58.2 Å². The van der Waals surface area contributed by atoms with Crippen LogP contribution < -0.4 is 28.3 Å². The fraction of sp³-hybridized carbons (Fsp3) is 0.517. The highest BCUT2D eigenvalue weighted by atomic mass is 16.2. The molecule has 2 heterocycles. The highest BCUT2D eigenvalue weighted by Crippen LogP contribution is 2.25. The van der Waals surface area contributed by atoms with Crippen LogP contribution >= 0.6 is 0 Å². The number of pyridine rings is 1. The van der Waals surface area contributed by atoms with Crippen molar-refractivity contribution >= 4 is 40.4 Å². The lowest BCUT2D eigenvalue weighted by atomic mass is 9.91. The zero-order valence-electron chi connectivity index (χ0n) is 23.5. The van der Waals surface area contributed by atoms with Gasteiger partial charge in [0.15, 0.2) is 11.7 Å². The number of nitrogens with one attached hydrogen (secondary N) is 1. The van der Waals surface area contributed by atoms with Crippen LogP contribution in [0, 0.1) is 5.92 Å². The monoisotopic (exact) mass is 566 g/mol. The molecule has 0 bridgehead atoms. The summed E-state index contributed by atoms with van der Waals surface area (Å²) < 4.78 is 0. The predicted octanol–water partition coefficient (Wildman–Crippen LogP) is 0.496. The summed E-state index contributed by atoms with van der Waals surface area (Å²) in [6.07, 6.45) is 5.52. The smallest absolute Gasteiger partial charge is 0.240 e. The third-order valence-corrected chi connectivity index (χ3v) is 7.43. The summed E-state index contributed by atoms with van der Waals surface area (Å²) in [7, 11) is 0. The Hall–Kier alpha value is -4.06. The number of primary amides is 1. The van der Waals surface area contributed by atoms with Gasteiger partial charge >= 0.3 is 0 Å². The van der Waals surface area contributed by atoms with Crippen LogP contribution in [0.15, 0.2) is 41.5 Å². The number of nitrogens with two attached hydrogens (primary N) is 4. The molecule has 1 aromatic carbocycles. The minimum Gasteiger partial charge on any atom is -0.370 e. The van der Waals surface area contributed by atoms with Gasteiger partial charge in [-0.1, -0.05) is 30.7 Å². The van der Waals surface area contributed by atoms with Crippen LogP contribution in [0.1, 0.15) is 56.9 Å². The van der Waals surface area contributed by atoms with Gasteiger partial charge in [-0.25, -0.2) is 0 Å². The van der Waals surface area contributed by atoms with Crippen molar-refractivity contribution in [2.45, 2.75) is 69.9 Å². The van der Waals surface area contributed by atoms with Crippen LogP contribution in [0.5, 0.6) is 0 Å². The second-order valence-electron chi connectivity index (χ2n) is 10.5. The summed E-state index contributed by atoms with van der Waals surface area (Å²) in [6.45, 7) is 1.24.